The number of anilines is 2. The molecule has 5 heteroatoms. The van der Waals surface area contributed by atoms with Crippen LogP contribution in [0.2, 0.25) is 5.02 Å². The van der Waals surface area contributed by atoms with Crippen molar-refractivity contribution in [2.24, 2.45) is 0 Å². The summed E-state index contributed by atoms with van der Waals surface area (Å²) < 4.78 is 0. The van der Waals surface area contributed by atoms with Crippen LogP contribution in [0.25, 0.3) is 0 Å². The fourth-order valence-electron chi connectivity index (χ4n) is 2.60. The lowest BCUT2D eigenvalue weighted by Crippen LogP contribution is -2.32. The summed E-state index contributed by atoms with van der Waals surface area (Å²) in [6.07, 6.45) is 0.192. The van der Waals surface area contributed by atoms with Gasteiger partial charge in [0.05, 0.1) is 10.7 Å². The second-order valence-electron chi connectivity index (χ2n) is 5.80. The highest BCUT2D eigenvalue weighted by Crippen LogP contribution is 2.25. The summed E-state index contributed by atoms with van der Waals surface area (Å²) in [6.45, 7) is 5.70. The van der Waals surface area contributed by atoms with E-state index in [1.54, 1.807) is 18.2 Å². The third kappa shape index (κ3) is 4.83. The number of para-hydroxylation sites is 1. The second kappa shape index (κ2) is 7.97. The molecule has 2 rings (SSSR count). The van der Waals surface area contributed by atoms with E-state index < -0.39 is 0 Å². The van der Waals surface area contributed by atoms with Crippen LogP contribution in [0.3, 0.4) is 0 Å². The highest BCUT2D eigenvalue weighted by Gasteiger charge is 2.16. The number of nitrogens with zero attached hydrogens (tertiary/aromatic N) is 1. The van der Waals surface area contributed by atoms with E-state index in [0.717, 1.165) is 16.8 Å². The molecule has 2 aromatic rings. The molecule has 4 nitrogen and oxygen atoms in total. The zero-order valence-electron chi connectivity index (χ0n) is 14.1. The van der Waals surface area contributed by atoms with E-state index in [9.17, 15) is 9.59 Å². The summed E-state index contributed by atoms with van der Waals surface area (Å²) in [5.41, 5.74) is 3.56. The molecule has 0 saturated heterocycles. The molecule has 0 unspecified atom stereocenters. The summed E-state index contributed by atoms with van der Waals surface area (Å²) in [4.78, 5) is 25.6. The lowest BCUT2D eigenvalue weighted by Gasteiger charge is -2.22. The number of benzene rings is 2. The van der Waals surface area contributed by atoms with E-state index in [2.05, 4.69) is 5.32 Å². The predicted molar refractivity (Wildman–Crippen MR) is 98.6 cm³/mol. The van der Waals surface area contributed by atoms with Gasteiger partial charge in [0.15, 0.2) is 0 Å². The lowest BCUT2D eigenvalue weighted by atomic mass is 10.1. The van der Waals surface area contributed by atoms with Crippen molar-refractivity contribution in [3.63, 3.8) is 0 Å². The van der Waals surface area contributed by atoms with Crippen LogP contribution in [0.4, 0.5) is 11.4 Å². The number of hydrogen-bond acceptors (Lipinski definition) is 2. The molecule has 0 aliphatic carbocycles. The molecule has 126 valence electrons. The Hall–Kier alpha value is -2.33. The first-order valence-corrected chi connectivity index (χ1v) is 8.15. The van der Waals surface area contributed by atoms with Gasteiger partial charge in [0.2, 0.25) is 11.8 Å². The summed E-state index contributed by atoms with van der Waals surface area (Å²) in [6, 6.07) is 13.0. The van der Waals surface area contributed by atoms with Gasteiger partial charge in [-0.2, -0.15) is 0 Å². The van der Waals surface area contributed by atoms with Crippen molar-refractivity contribution < 1.29 is 9.59 Å². The molecule has 0 bridgehead atoms. The molecular weight excluding hydrogens is 324 g/mol. The summed E-state index contributed by atoms with van der Waals surface area (Å²) >= 11 is 6.15. The summed E-state index contributed by atoms with van der Waals surface area (Å²) in [7, 11) is 0. The standard InChI is InChI=1S/C19H21ClN2O2/c1-13-10-14(2)12-16(11-13)21-19(24)8-9-22(15(3)23)18-7-5-4-6-17(18)20/h4-7,10-12H,8-9H2,1-3H3,(H,21,24). The Labute approximate surface area is 147 Å². The molecule has 0 saturated carbocycles. The Morgan fingerprint density at radius 2 is 1.71 bits per heavy atom. The van der Waals surface area contributed by atoms with Crippen LogP contribution in [-0.2, 0) is 9.59 Å². The Balaban J connectivity index is 2.03. The van der Waals surface area contributed by atoms with E-state index in [4.69, 9.17) is 11.6 Å². The van der Waals surface area contributed by atoms with Crippen LogP contribution < -0.4 is 10.2 Å². The SMILES string of the molecule is CC(=O)N(CCC(=O)Nc1cc(C)cc(C)c1)c1ccccc1Cl. The molecule has 0 spiro atoms. The average molecular weight is 345 g/mol. The smallest absolute Gasteiger partial charge is 0.226 e. The third-order valence-corrected chi connectivity index (χ3v) is 3.91. The van der Waals surface area contributed by atoms with Crippen molar-refractivity contribution in [3.05, 3.63) is 58.6 Å². The van der Waals surface area contributed by atoms with Crippen LogP contribution in [0, 0.1) is 13.8 Å². The molecule has 0 aliphatic heterocycles. The zero-order chi connectivity index (χ0) is 17.7. The Morgan fingerprint density at radius 1 is 1.08 bits per heavy atom. The highest BCUT2D eigenvalue weighted by atomic mass is 35.5. The van der Waals surface area contributed by atoms with Gasteiger partial charge >= 0.3 is 0 Å². The molecule has 1 N–H and O–H groups in total. The van der Waals surface area contributed by atoms with Crippen LogP contribution >= 0.6 is 11.6 Å². The van der Waals surface area contributed by atoms with Crippen molar-refractivity contribution in [2.75, 3.05) is 16.8 Å². The van der Waals surface area contributed by atoms with E-state index in [1.807, 2.05) is 38.1 Å². The van der Waals surface area contributed by atoms with E-state index in [-0.39, 0.29) is 24.8 Å². The molecule has 24 heavy (non-hydrogen) atoms. The van der Waals surface area contributed by atoms with Crippen molar-refractivity contribution >= 4 is 34.8 Å². The minimum Gasteiger partial charge on any atom is -0.326 e. The van der Waals surface area contributed by atoms with Gasteiger partial charge in [-0.25, -0.2) is 0 Å². The quantitative estimate of drug-likeness (QED) is 0.877. The van der Waals surface area contributed by atoms with Crippen LogP contribution in [0.5, 0.6) is 0 Å². The van der Waals surface area contributed by atoms with E-state index >= 15 is 0 Å². The van der Waals surface area contributed by atoms with Gasteiger partial charge in [0.1, 0.15) is 0 Å². The minimum absolute atomic E-state index is 0.140. The molecule has 0 aliphatic rings. The number of halogens is 1. The first-order valence-electron chi connectivity index (χ1n) is 7.77. The Kier molecular flexibility index (Phi) is 5.99. The number of nitrogens with one attached hydrogen (secondary N) is 1. The number of aryl methyl sites for hydroxylation is 2. The maximum atomic E-state index is 12.2. The Bertz CT molecular complexity index is 739. The molecule has 0 radical (unpaired) electrons. The number of carbonyl (C=O) groups is 2. The number of carbonyl (C=O) groups excluding carboxylic acids is 2. The summed E-state index contributed by atoms with van der Waals surface area (Å²) in [5.74, 6) is -0.291. The first-order chi connectivity index (χ1) is 11.4. The average Bonchev–Trinajstić information content (AvgIpc) is 2.47. The van der Waals surface area contributed by atoms with Crippen molar-refractivity contribution in [1.82, 2.24) is 0 Å². The van der Waals surface area contributed by atoms with Gasteiger partial charge < -0.3 is 10.2 Å². The van der Waals surface area contributed by atoms with Gasteiger partial charge in [-0.1, -0.05) is 29.8 Å². The maximum Gasteiger partial charge on any atom is 0.226 e. The molecule has 0 heterocycles. The van der Waals surface area contributed by atoms with Gasteiger partial charge in [0, 0.05) is 25.6 Å². The number of amides is 2. The monoisotopic (exact) mass is 344 g/mol. The third-order valence-electron chi connectivity index (χ3n) is 3.59. The van der Waals surface area contributed by atoms with Crippen molar-refractivity contribution in [3.8, 4) is 0 Å². The molecule has 2 aromatic carbocycles. The normalized spacial score (nSPS) is 10.3. The van der Waals surface area contributed by atoms with Gasteiger partial charge in [-0.05, 0) is 49.2 Å². The Morgan fingerprint density at radius 3 is 2.29 bits per heavy atom. The maximum absolute atomic E-state index is 12.2. The lowest BCUT2D eigenvalue weighted by molar-refractivity contribution is -0.117. The fraction of sp³-hybridized carbons (Fsp3) is 0.263. The summed E-state index contributed by atoms with van der Waals surface area (Å²) in [5, 5.41) is 3.36. The fourth-order valence-corrected chi connectivity index (χ4v) is 2.84. The van der Waals surface area contributed by atoms with Crippen molar-refractivity contribution in [2.45, 2.75) is 27.2 Å². The van der Waals surface area contributed by atoms with Crippen LogP contribution in [-0.4, -0.2) is 18.4 Å². The van der Waals surface area contributed by atoms with E-state index in [0.29, 0.717) is 10.7 Å². The minimum atomic E-state index is -0.151. The molecule has 0 aromatic heterocycles. The van der Waals surface area contributed by atoms with Gasteiger partial charge in [0.25, 0.3) is 0 Å². The van der Waals surface area contributed by atoms with Crippen LogP contribution in [0.1, 0.15) is 24.5 Å². The molecular formula is C19H21ClN2O2. The molecule has 2 amide bonds. The topological polar surface area (TPSA) is 49.4 Å². The molecule has 0 atom stereocenters. The van der Waals surface area contributed by atoms with Crippen LogP contribution in [0.15, 0.2) is 42.5 Å². The largest absolute Gasteiger partial charge is 0.326 e. The zero-order valence-corrected chi connectivity index (χ0v) is 14.9. The number of hydrogen-bond donors (Lipinski definition) is 1. The van der Waals surface area contributed by atoms with E-state index in [1.165, 1.54) is 11.8 Å². The first kappa shape index (κ1) is 18.0. The second-order valence-corrected chi connectivity index (χ2v) is 6.20. The highest BCUT2D eigenvalue weighted by molar-refractivity contribution is 6.33. The van der Waals surface area contributed by atoms with Crippen molar-refractivity contribution in [1.29, 1.82) is 0 Å². The molecule has 0 fully saturated rings. The van der Waals surface area contributed by atoms with Gasteiger partial charge in [-0.15, -0.1) is 0 Å². The predicted octanol–water partition coefficient (Wildman–Crippen LogP) is 4.34. The van der Waals surface area contributed by atoms with Gasteiger partial charge in [-0.3, -0.25) is 9.59 Å². The number of rotatable bonds is 5.